The van der Waals surface area contributed by atoms with E-state index < -0.39 is 5.41 Å². The Hall–Kier alpha value is -6.32. The van der Waals surface area contributed by atoms with Crippen molar-refractivity contribution in [2.24, 2.45) is 0 Å². The zero-order chi connectivity index (χ0) is 33.1. The zero-order valence-electron chi connectivity index (χ0n) is 27.4. The van der Waals surface area contributed by atoms with Crippen molar-refractivity contribution < 1.29 is 4.74 Å². The number of hydrogen-bond donors (Lipinski definition) is 0. The number of benzene rings is 6. The summed E-state index contributed by atoms with van der Waals surface area (Å²) in [6, 6.07) is 53.8. The highest BCUT2D eigenvalue weighted by Gasteiger charge is 2.51. The highest BCUT2D eigenvalue weighted by atomic mass is 16.5. The Bertz CT molecular complexity index is 2480. The molecule has 236 valence electrons. The van der Waals surface area contributed by atoms with Gasteiger partial charge in [0, 0.05) is 27.8 Å². The first-order valence-electron chi connectivity index (χ1n) is 17.3. The molecular weight excluding hydrogens is 609 g/mol. The van der Waals surface area contributed by atoms with E-state index in [-0.39, 0.29) is 0 Å². The van der Waals surface area contributed by atoms with E-state index in [1.54, 1.807) is 0 Å². The van der Waals surface area contributed by atoms with Crippen LogP contribution < -0.4 is 4.74 Å². The van der Waals surface area contributed by atoms with E-state index in [4.69, 9.17) is 14.7 Å². The quantitative estimate of drug-likeness (QED) is 0.192. The van der Waals surface area contributed by atoms with Crippen LogP contribution >= 0.6 is 0 Å². The van der Waals surface area contributed by atoms with Gasteiger partial charge in [0.15, 0.2) is 5.82 Å². The number of allylic oxidation sites excluding steroid dienone is 4. The lowest BCUT2D eigenvalue weighted by Crippen LogP contribution is -2.32. The van der Waals surface area contributed by atoms with Crippen molar-refractivity contribution in [1.29, 1.82) is 0 Å². The Balaban J connectivity index is 1.23. The molecule has 2 heterocycles. The molecule has 3 nitrogen and oxygen atoms in total. The molecule has 1 aromatic heterocycles. The molecule has 0 unspecified atom stereocenters. The van der Waals surface area contributed by atoms with E-state index in [2.05, 4.69) is 152 Å². The van der Waals surface area contributed by atoms with Gasteiger partial charge in [-0.25, -0.2) is 9.97 Å². The van der Waals surface area contributed by atoms with Crippen LogP contribution in [0.3, 0.4) is 0 Å². The van der Waals surface area contributed by atoms with E-state index in [1.807, 2.05) is 18.2 Å². The molecule has 50 heavy (non-hydrogen) atoms. The van der Waals surface area contributed by atoms with Gasteiger partial charge in [0.2, 0.25) is 0 Å². The van der Waals surface area contributed by atoms with Gasteiger partial charge in [0.05, 0.1) is 16.8 Å². The monoisotopic (exact) mass is 640 g/mol. The summed E-state index contributed by atoms with van der Waals surface area (Å²) >= 11 is 0. The smallest absolute Gasteiger partial charge is 0.160 e. The fourth-order valence-corrected chi connectivity index (χ4v) is 8.24. The Kier molecular flexibility index (Phi) is 6.53. The molecule has 1 spiro atoms. The fraction of sp³-hybridized carbons (Fsp3) is 0.0638. The van der Waals surface area contributed by atoms with Gasteiger partial charge in [-0.05, 0) is 76.6 Å². The van der Waals surface area contributed by atoms with Crippen molar-refractivity contribution in [2.45, 2.75) is 18.3 Å². The summed E-state index contributed by atoms with van der Waals surface area (Å²) in [5.41, 5.74) is 14.1. The third-order valence-corrected chi connectivity index (χ3v) is 10.4. The van der Waals surface area contributed by atoms with Crippen LogP contribution in [0.2, 0.25) is 0 Å². The molecule has 0 atom stereocenters. The van der Waals surface area contributed by atoms with Gasteiger partial charge in [-0.1, -0.05) is 140 Å². The third kappa shape index (κ3) is 4.30. The fourth-order valence-electron chi connectivity index (χ4n) is 8.24. The lowest BCUT2D eigenvalue weighted by atomic mass is 9.66. The molecule has 1 aliphatic heterocycles. The summed E-state index contributed by atoms with van der Waals surface area (Å²) in [5.74, 6) is 2.45. The molecule has 0 fully saturated rings. The minimum atomic E-state index is -0.544. The third-order valence-electron chi connectivity index (χ3n) is 10.4. The second-order valence-electron chi connectivity index (χ2n) is 13.2. The van der Waals surface area contributed by atoms with Crippen molar-refractivity contribution in [2.75, 3.05) is 0 Å². The predicted molar refractivity (Wildman–Crippen MR) is 202 cm³/mol. The number of ether oxygens (including phenoxy) is 1. The summed E-state index contributed by atoms with van der Waals surface area (Å²) in [5, 5.41) is 0. The van der Waals surface area contributed by atoms with Crippen molar-refractivity contribution in [1.82, 2.24) is 9.97 Å². The van der Waals surface area contributed by atoms with E-state index in [9.17, 15) is 0 Å². The molecular formula is C47H32N2O. The summed E-state index contributed by atoms with van der Waals surface area (Å²) in [7, 11) is 0. The highest BCUT2D eigenvalue weighted by molar-refractivity contribution is 5.90. The second-order valence-corrected chi connectivity index (χ2v) is 13.2. The second kappa shape index (κ2) is 11.4. The Morgan fingerprint density at radius 2 is 1.08 bits per heavy atom. The average molecular weight is 641 g/mol. The molecule has 0 radical (unpaired) electrons. The summed E-state index contributed by atoms with van der Waals surface area (Å²) in [4.78, 5) is 10.5. The molecule has 7 aromatic rings. The van der Waals surface area contributed by atoms with Gasteiger partial charge in [0.1, 0.15) is 11.5 Å². The van der Waals surface area contributed by atoms with Gasteiger partial charge < -0.3 is 4.74 Å². The van der Waals surface area contributed by atoms with Crippen molar-refractivity contribution >= 4 is 5.57 Å². The van der Waals surface area contributed by atoms with Gasteiger partial charge in [-0.2, -0.15) is 0 Å². The van der Waals surface area contributed by atoms with E-state index in [1.165, 1.54) is 33.4 Å². The Morgan fingerprint density at radius 1 is 0.460 bits per heavy atom. The molecule has 10 rings (SSSR count). The predicted octanol–water partition coefficient (Wildman–Crippen LogP) is 11.7. The molecule has 6 aromatic carbocycles. The van der Waals surface area contributed by atoms with Gasteiger partial charge in [0.25, 0.3) is 0 Å². The van der Waals surface area contributed by atoms with Gasteiger partial charge in [-0.15, -0.1) is 0 Å². The molecule has 0 amide bonds. The van der Waals surface area contributed by atoms with E-state index >= 15 is 0 Å². The van der Waals surface area contributed by atoms with Crippen LogP contribution in [0.4, 0.5) is 0 Å². The molecule has 0 N–H and O–H groups in total. The minimum Gasteiger partial charge on any atom is -0.457 e. The van der Waals surface area contributed by atoms with Crippen molar-refractivity contribution in [3.8, 4) is 56.5 Å². The normalized spacial score (nSPS) is 14.6. The maximum atomic E-state index is 6.71. The Morgan fingerprint density at radius 3 is 1.82 bits per heavy atom. The SMILES string of the molecule is C1=CC(c2ccccc2-c2cc(-c3ccc4c(c3)C3(c5ccccc5O4)c4ccccc4-c4ccccc43)nc(-c3ccccc3)n2)=CCC1. The summed E-state index contributed by atoms with van der Waals surface area (Å²) in [6.07, 6.45) is 8.94. The van der Waals surface area contributed by atoms with Crippen LogP contribution in [0.15, 0.2) is 170 Å². The van der Waals surface area contributed by atoms with Crippen LogP contribution in [0.25, 0.3) is 50.6 Å². The lowest BCUT2D eigenvalue weighted by molar-refractivity contribution is 0.436. The molecule has 0 saturated carbocycles. The largest absolute Gasteiger partial charge is 0.457 e. The molecule has 0 saturated heterocycles. The first-order valence-corrected chi connectivity index (χ1v) is 17.3. The lowest BCUT2D eigenvalue weighted by Gasteiger charge is -2.39. The van der Waals surface area contributed by atoms with Gasteiger partial charge in [-0.3, -0.25) is 0 Å². The first-order chi connectivity index (χ1) is 24.8. The standard InChI is InChI=1S/C47H32N2O/c1-3-15-31(16-4-1)34-19-7-8-22-37(34)43-30-42(48-46(49-43)32-17-5-2-6-18-32)33-27-28-45-41(29-33)47(40-25-13-14-26-44(40)50-45)38-23-11-9-20-35(38)36-21-10-12-24-39(36)47/h2-3,5-30H,1,4H2. The zero-order valence-corrected chi connectivity index (χ0v) is 27.4. The number of hydrogen-bond acceptors (Lipinski definition) is 3. The topological polar surface area (TPSA) is 35.0 Å². The molecule has 3 heteroatoms. The maximum absolute atomic E-state index is 6.71. The maximum Gasteiger partial charge on any atom is 0.160 e. The van der Waals surface area contributed by atoms with Crippen LogP contribution in [-0.2, 0) is 5.41 Å². The molecule has 0 bridgehead atoms. The highest BCUT2D eigenvalue weighted by Crippen LogP contribution is 2.62. The number of fused-ring (bicyclic) bond motifs is 9. The number of rotatable bonds is 4. The molecule has 2 aliphatic carbocycles. The average Bonchev–Trinajstić information content (AvgIpc) is 3.49. The van der Waals surface area contributed by atoms with Crippen LogP contribution in [-0.4, -0.2) is 9.97 Å². The number of aromatic nitrogens is 2. The number of para-hydroxylation sites is 1. The van der Waals surface area contributed by atoms with E-state index in [0.29, 0.717) is 5.82 Å². The summed E-state index contributed by atoms with van der Waals surface area (Å²) in [6.45, 7) is 0. The number of nitrogens with zero attached hydrogens (tertiary/aromatic N) is 2. The van der Waals surface area contributed by atoms with Crippen LogP contribution in [0.1, 0.15) is 40.7 Å². The minimum absolute atomic E-state index is 0.544. The summed E-state index contributed by atoms with van der Waals surface area (Å²) < 4.78 is 6.71. The van der Waals surface area contributed by atoms with Crippen molar-refractivity contribution in [3.05, 3.63) is 198 Å². The molecule has 3 aliphatic rings. The van der Waals surface area contributed by atoms with Crippen LogP contribution in [0, 0.1) is 0 Å². The van der Waals surface area contributed by atoms with E-state index in [0.717, 1.165) is 63.5 Å². The van der Waals surface area contributed by atoms with Crippen LogP contribution in [0.5, 0.6) is 11.5 Å². The first kappa shape index (κ1) is 28.7. The van der Waals surface area contributed by atoms with Gasteiger partial charge >= 0.3 is 0 Å². The Labute approximate surface area is 291 Å². The van der Waals surface area contributed by atoms with Crippen molar-refractivity contribution in [3.63, 3.8) is 0 Å².